The molecule has 5 heteroatoms. The van der Waals surface area contributed by atoms with Crippen LogP contribution in [-0.4, -0.2) is 28.9 Å². The molecule has 5 nitrogen and oxygen atoms in total. The fourth-order valence-electron chi connectivity index (χ4n) is 2.10. The van der Waals surface area contributed by atoms with Gasteiger partial charge in [0.05, 0.1) is 6.54 Å². The average molecular weight is 303 g/mol. The maximum atomic E-state index is 11.6. The van der Waals surface area contributed by atoms with Gasteiger partial charge in [0.2, 0.25) is 0 Å². The van der Waals surface area contributed by atoms with Gasteiger partial charge in [-0.05, 0) is 33.3 Å². The van der Waals surface area contributed by atoms with E-state index in [2.05, 4.69) is 0 Å². The second-order valence-corrected chi connectivity index (χ2v) is 6.40. The summed E-state index contributed by atoms with van der Waals surface area (Å²) in [5.41, 5.74) is -0.486. The van der Waals surface area contributed by atoms with Crippen molar-refractivity contribution in [1.29, 1.82) is 0 Å². The zero-order valence-electron chi connectivity index (χ0n) is 13.3. The highest BCUT2D eigenvalue weighted by Gasteiger charge is 2.34. The summed E-state index contributed by atoms with van der Waals surface area (Å²) in [7, 11) is 0. The molecule has 1 heterocycles. The molecule has 0 spiro atoms. The van der Waals surface area contributed by atoms with Gasteiger partial charge in [-0.2, -0.15) is 0 Å². The highest BCUT2D eigenvalue weighted by Crippen LogP contribution is 2.27. The van der Waals surface area contributed by atoms with E-state index in [0.29, 0.717) is 0 Å². The summed E-state index contributed by atoms with van der Waals surface area (Å²) in [5, 5.41) is 0. The quantitative estimate of drug-likeness (QED) is 0.460. The van der Waals surface area contributed by atoms with Crippen LogP contribution in [0.15, 0.2) is 42.5 Å². The van der Waals surface area contributed by atoms with Crippen molar-refractivity contribution in [2.75, 3.05) is 6.54 Å². The van der Waals surface area contributed by atoms with Crippen molar-refractivity contribution in [2.45, 2.75) is 38.9 Å². The zero-order chi connectivity index (χ0) is 16.4. The van der Waals surface area contributed by atoms with E-state index in [9.17, 15) is 9.59 Å². The van der Waals surface area contributed by atoms with E-state index in [1.165, 1.54) is 12.2 Å². The Morgan fingerprint density at radius 3 is 2.00 bits per heavy atom. The van der Waals surface area contributed by atoms with Crippen molar-refractivity contribution in [3.05, 3.63) is 48.0 Å². The third kappa shape index (κ3) is 3.81. The summed E-state index contributed by atoms with van der Waals surface area (Å²) in [5.74, 6) is -0.659. The maximum absolute atomic E-state index is 11.6. The van der Waals surface area contributed by atoms with Gasteiger partial charge < -0.3 is 0 Å². The molecule has 0 fully saturated rings. The molecule has 2 amide bonds. The number of carbonyl (C=O) groups is 2. The van der Waals surface area contributed by atoms with Crippen molar-refractivity contribution < 1.29 is 19.4 Å². The van der Waals surface area contributed by atoms with E-state index in [0.717, 1.165) is 10.5 Å². The molecule has 0 N–H and O–H groups in total. The predicted molar refractivity (Wildman–Crippen MR) is 81.6 cm³/mol. The number of nitrogens with zero attached hydrogens (tertiary/aromatic N) is 1. The van der Waals surface area contributed by atoms with Crippen molar-refractivity contribution >= 4 is 11.8 Å². The molecule has 0 radical (unpaired) electrons. The first-order chi connectivity index (χ1) is 10.2. The highest BCUT2D eigenvalue weighted by atomic mass is 17.2. The molecule has 0 aromatic heterocycles. The maximum Gasteiger partial charge on any atom is 0.253 e. The summed E-state index contributed by atoms with van der Waals surface area (Å²) >= 11 is 0. The van der Waals surface area contributed by atoms with E-state index in [-0.39, 0.29) is 18.4 Å². The van der Waals surface area contributed by atoms with Gasteiger partial charge in [0.15, 0.2) is 0 Å². The fraction of sp³-hybridized carbons (Fsp3) is 0.412. The summed E-state index contributed by atoms with van der Waals surface area (Å²) < 4.78 is 0. The Hall–Kier alpha value is -1.98. The largest absolute Gasteiger partial charge is 0.272 e. The van der Waals surface area contributed by atoms with Gasteiger partial charge >= 0.3 is 0 Å². The lowest BCUT2D eigenvalue weighted by molar-refractivity contribution is -0.405. The van der Waals surface area contributed by atoms with Crippen LogP contribution in [0.25, 0.3) is 0 Å². The first-order valence-electron chi connectivity index (χ1n) is 7.17. The van der Waals surface area contributed by atoms with Crippen LogP contribution in [0.4, 0.5) is 0 Å². The number of rotatable bonds is 6. The van der Waals surface area contributed by atoms with Gasteiger partial charge in [-0.25, -0.2) is 9.78 Å². The van der Waals surface area contributed by atoms with Gasteiger partial charge in [-0.1, -0.05) is 30.3 Å². The molecule has 0 saturated heterocycles. The Bertz CT molecular complexity index is 572. The smallest absolute Gasteiger partial charge is 0.253 e. The minimum atomic E-state index is -0.816. The molecule has 0 unspecified atom stereocenters. The number of amides is 2. The number of hydrogen-bond acceptors (Lipinski definition) is 4. The fourth-order valence-corrected chi connectivity index (χ4v) is 2.10. The van der Waals surface area contributed by atoms with Crippen LogP contribution in [-0.2, 0) is 25.0 Å². The first kappa shape index (κ1) is 16.4. The van der Waals surface area contributed by atoms with E-state index in [1.807, 2.05) is 44.2 Å². The Labute approximate surface area is 130 Å². The second kappa shape index (κ2) is 6.02. The summed E-state index contributed by atoms with van der Waals surface area (Å²) in [6, 6.07) is 9.70. The molecule has 2 rings (SSSR count). The van der Waals surface area contributed by atoms with Crippen LogP contribution in [0.2, 0.25) is 0 Å². The molecular formula is C17H21NO4. The predicted octanol–water partition coefficient (Wildman–Crippen LogP) is 2.57. The van der Waals surface area contributed by atoms with E-state index >= 15 is 0 Å². The lowest BCUT2D eigenvalue weighted by Crippen LogP contribution is -2.44. The molecule has 1 aromatic carbocycles. The van der Waals surface area contributed by atoms with Gasteiger partial charge in [0.1, 0.15) is 11.2 Å². The Balaban J connectivity index is 1.97. The summed E-state index contributed by atoms with van der Waals surface area (Å²) in [6.45, 7) is 7.46. The normalized spacial score (nSPS) is 15.7. The van der Waals surface area contributed by atoms with Crippen molar-refractivity contribution in [2.24, 2.45) is 0 Å². The van der Waals surface area contributed by atoms with Gasteiger partial charge in [0.25, 0.3) is 11.8 Å². The van der Waals surface area contributed by atoms with Gasteiger partial charge in [-0.3, -0.25) is 14.5 Å². The summed E-state index contributed by atoms with van der Waals surface area (Å²) in [4.78, 5) is 35.5. The molecule has 1 aliphatic rings. The molecule has 1 aromatic rings. The average Bonchev–Trinajstić information content (AvgIpc) is 2.78. The van der Waals surface area contributed by atoms with Crippen LogP contribution in [0.5, 0.6) is 0 Å². The topological polar surface area (TPSA) is 55.8 Å². The molecule has 22 heavy (non-hydrogen) atoms. The highest BCUT2D eigenvalue weighted by molar-refractivity contribution is 6.12. The first-order valence-corrected chi connectivity index (χ1v) is 7.17. The minimum absolute atomic E-state index is 0.128. The van der Waals surface area contributed by atoms with E-state index < -0.39 is 11.2 Å². The van der Waals surface area contributed by atoms with Crippen molar-refractivity contribution in [3.8, 4) is 0 Å². The van der Waals surface area contributed by atoms with Crippen LogP contribution in [0.1, 0.15) is 33.3 Å². The molecule has 0 aliphatic carbocycles. The van der Waals surface area contributed by atoms with Gasteiger partial charge in [-0.15, -0.1) is 0 Å². The second-order valence-electron chi connectivity index (χ2n) is 6.40. The number of carbonyl (C=O) groups excluding carboxylic acids is 2. The Morgan fingerprint density at radius 2 is 1.45 bits per heavy atom. The monoisotopic (exact) mass is 303 g/mol. The molecule has 0 atom stereocenters. The molecule has 118 valence electrons. The minimum Gasteiger partial charge on any atom is -0.272 e. The van der Waals surface area contributed by atoms with Crippen molar-refractivity contribution in [3.63, 3.8) is 0 Å². The van der Waals surface area contributed by atoms with Crippen LogP contribution in [0, 0.1) is 0 Å². The van der Waals surface area contributed by atoms with Crippen LogP contribution in [0.3, 0.4) is 0 Å². The Morgan fingerprint density at radius 1 is 0.909 bits per heavy atom. The van der Waals surface area contributed by atoms with E-state index in [1.54, 1.807) is 13.8 Å². The molecular weight excluding hydrogens is 282 g/mol. The number of imide groups is 1. The number of benzene rings is 1. The van der Waals surface area contributed by atoms with Gasteiger partial charge in [0, 0.05) is 12.2 Å². The number of hydrogen-bond donors (Lipinski definition) is 0. The van der Waals surface area contributed by atoms with Crippen LogP contribution >= 0.6 is 0 Å². The summed E-state index contributed by atoms with van der Waals surface area (Å²) in [6.07, 6.45) is 2.51. The molecule has 0 saturated carbocycles. The third-order valence-corrected chi connectivity index (χ3v) is 3.38. The molecule has 0 bridgehead atoms. The van der Waals surface area contributed by atoms with Crippen molar-refractivity contribution in [1.82, 2.24) is 4.90 Å². The zero-order valence-corrected chi connectivity index (χ0v) is 13.3. The standard InChI is InChI=1S/C17H21NO4/c1-16(2,12-18-14(19)10-11-15(18)20)21-22-17(3,4)13-8-6-5-7-9-13/h5-11H,12H2,1-4H3. The molecule has 1 aliphatic heterocycles. The lowest BCUT2D eigenvalue weighted by Gasteiger charge is -2.32. The SMILES string of the molecule is CC(C)(CN1C(=O)C=CC1=O)OOC(C)(C)c1ccccc1. The Kier molecular flexibility index (Phi) is 4.49. The third-order valence-electron chi connectivity index (χ3n) is 3.38. The lowest BCUT2D eigenvalue weighted by atomic mass is 9.99. The van der Waals surface area contributed by atoms with E-state index in [4.69, 9.17) is 9.78 Å². The van der Waals surface area contributed by atoms with Crippen LogP contribution < -0.4 is 0 Å².